The van der Waals surface area contributed by atoms with Gasteiger partial charge in [0.1, 0.15) is 0 Å². The first kappa shape index (κ1) is 16.7. The highest BCUT2D eigenvalue weighted by Crippen LogP contribution is 2.31. The first-order valence-corrected chi connectivity index (χ1v) is 8.03. The van der Waals surface area contributed by atoms with Crippen molar-refractivity contribution in [2.45, 2.75) is 25.5 Å². The molecule has 1 aliphatic rings. The molecule has 0 atom stereocenters. The Bertz CT molecular complexity index is 666. The molecule has 0 unspecified atom stereocenters. The number of rotatable bonds is 6. The van der Waals surface area contributed by atoms with Gasteiger partial charge in [0, 0.05) is 25.8 Å². The molecule has 0 aliphatic carbocycles. The summed E-state index contributed by atoms with van der Waals surface area (Å²) in [5.41, 5.74) is 0.834. The van der Waals surface area contributed by atoms with Gasteiger partial charge in [0.05, 0.1) is 26.9 Å². The number of likely N-dealkylation sites (tertiary alicyclic amines) is 1. The van der Waals surface area contributed by atoms with E-state index in [9.17, 15) is 0 Å². The molecule has 3 rings (SSSR count). The average molecular weight is 333 g/mol. The normalized spacial score (nSPS) is 16.3. The van der Waals surface area contributed by atoms with Crippen LogP contribution in [0.1, 0.15) is 18.7 Å². The Morgan fingerprint density at radius 2 is 1.88 bits per heavy atom. The number of methoxy groups -OCH3 is 3. The molecule has 7 heteroatoms. The molecule has 2 heterocycles. The van der Waals surface area contributed by atoms with E-state index in [1.165, 1.54) is 0 Å². The van der Waals surface area contributed by atoms with E-state index in [-0.39, 0.29) is 0 Å². The Morgan fingerprint density at radius 3 is 2.54 bits per heavy atom. The quantitative estimate of drug-likeness (QED) is 0.803. The van der Waals surface area contributed by atoms with Gasteiger partial charge in [0.2, 0.25) is 11.7 Å². The predicted molar refractivity (Wildman–Crippen MR) is 88.1 cm³/mol. The van der Waals surface area contributed by atoms with Gasteiger partial charge in [-0.25, -0.2) is 0 Å². The maximum atomic E-state index is 5.40. The fourth-order valence-corrected chi connectivity index (χ4v) is 2.91. The van der Waals surface area contributed by atoms with Crippen LogP contribution in [-0.2, 0) is 11.3 Å². The van der Waals surface area contributed by atoms with Crippen LogP contribution in [0.15, 0.2) is 22.7 Å². The monoisotopic (exact) mass is 333 g/mol. The van der Waals surface area contributed by atoms with Crippen LogP contribution < -0.4 is 9.47 Å². The SMILES string of the molecule is COc1ccc(-c2noc(CN3CCC(OC)CC3)n2)cc1OC. The van der Waals surface area contributed by atoms with Gasteiger partial charge in [-0.05, 0) is 31.0 Å². The summed E-state index contributed by atoms with van der Waals surface area (Å²) < 4.78 is 21.4. The molecule has 1 fully saturated rings. The van der Waals surface area contributed by atoms with Crippen molar-refractivity contribution in [3.05, 3.63) is 24.1 Å². The second-order valence-corrected chi connectivity index (χ2v) is 5.79. The van der Waals surface area contributed by atoms with E-state index in [2.05, 4.69) is 15.0 Å². The van der Waals surface area contributed by atoms with Gasteiger partial charge < -0.3 is 18.7 Å². The van der Waals surface area contributed by atoms with Gasteiger partial charge >= 0.3 is 0 Å². The lowest BCUT2D eigenvalue weighted by atomic mass is 10.1. The smallest absolute Gasteiger partial charge is 0.241 e. The van der Waals surface area contributed by atoms with Crippen LogP contribution in [0.25, 0.3) is 11.4 Å². The molecule has 130 valence electrons. The van der Waals surface area contributed by atoms with Gasteiger partial charge in [-0.2, -0.15) is 4.98 Å². The lowest BCUT2D eigenvalue weighted by molar-refractivity contribution is 0.0359. The van der Waals surface area contributed by atoms with Gasteiger partial charge in [-0.3, -0.25) is 4.90 Å². The Balaban J connectivity index is 1.67. The fourth-order valence-electron chi connectivity index (χ4n) is 2.91. The zero-order chi connectivity index (χ0) is 16.9. The number of piperidine rings is 1. The van der Waals surface area contributed by atoms with Crippen LogP contribution in [0.3, 0.4) is 0 Å². The topological polar surface area (TPSA) is 69.9 Å². The lowest BCUT2D eigenvalue weighted by Gasteiger charge is -2.29. The Kier molecular flexibility index (Phi) is 5.32. The van der Waals surface area contributed by atoms with E-state index in [1.54, 1.807) is 21.3 Å². The van der Waals surface area contributed by atoms with Crippen molar-refractivity contribution in [2.24, 2.45) is 0 Å². The number of aromatic nitrogens is 2. The summed E-state index contributed by atoms with van der Waals surface area (Å²) in [7, 11) is 4.98. The molecular formula is C17H23N3O4. The molecule has 1 saturated heterocycles. The minimum Gasteiger partial charge on any atom is -0.493 e. The maximum absolute atomic E-state index is 5.40. The molecule has 1 aromatic carbocycles. The van der Waals surface area contributed by atoms with Crippen molar-refractivity contribution >= 4 is 0 Å². The van der Waals surface area contributed by atoms with Crippen LogP contribution in [-0.4, -0.2) is 55.6 Å². The maximum Gasteiger partial charge on any atom is 0.241 e. The largest absolute Gasteiger partial charge is 0.493 e. The molecule has 1 aliphatic heterocycles. The summed E-state index contributed by atoms with van der Waals surface area (Å²) in [6.45, 7) is 2.62. The van der Waals surface area contributed by atoms with Crippen LogP contribution in [0.2, 0.25) is 0 Å². The third kappa shape index (κ3) is 3.68. The first-order valence-electron chi connectivity index (χ1n) is 8.03. The Hall–Kier alpha value is -2.12. The summed E-state index contributed by atoms with van der Waals surface area (Å²) in [5.74, 6) is 2.49. The number of ether oxygens (including phenoxy) is 3. The van der Waals surface area contributed by atoms with Gasteiger partial charge in [0.25, 0.3) is 0 Å². The minimum atomic E-state index is 0.367. The third-order valence-electron chi connectivity index (χ3n) is 4.34. The van der Waals surface area contributed by atoms with Crippen molar-refractivity contribution < 1.29 is 18.7 Å². The molecule has 0 bridgehead atoms. The molecule has 0 saturated carbocycles. The Labute approximate surface area is 141 Å². The summed E-state index contributed by atoms with van der Waals surface area (Å²) >= 11 is 0. The van der Waals surface area contributed by atoms with E-state index in [0.717, 1.165) is 31.5 Å². The number of hydrogen-bond donors (Lipinski definition) is 0. The molecule has 0 N–H and O–H groups in total. The summed E-state index contributed by atoms with van der Waals surface area (Å²) in [5, 5.41) is 4.08. The number of benzene rings is 1. The highest BCUT2D eigenvalue weighted by atomic mass is 16.5. The molecular weight excluding hydrogens is 310 g/mol. The molecule has 0 radical (unpaired) electrons. The summed E-state index contributed by atoms with van der Waals surface area (Å²) in [6.07, 6.45) is 2.44. The Morgan fingerprint density at radius 1 is 1.12 bits per heavy atom. The van der Waals surface area contributed by atoms with Crippen LogP contribution in [0.4, 0.5) is 0 Å². The lowest BCUT2D eigenvalue weighted by Crippen LogP contribution is -2.36. The molecule has 1 aromatic heterocycles. The highest BCUT2D eigenvalue weighted by molar-refractivity contribution is 5.60. The van der Waals surface area contributed by atoms with Crippen LogP contribution >= 0.6 is 0 Å². The van der Waals surface area contributed by atoms with E-state index in [0.29, 0.717) is 35.9 Å². The second-order valence-electron chi connectivity index (χ2n) is 5.79. The van der Waals surface area contributed by atoms with Crippen molar-refractivity contribution in [3.8, 4) is 22.9 Å². The first-order chi connectivity index (χ1) is 11.7. The molecule has 0 amide bonds. The molecule has 7 nitrogen and oxygen atoms in total. The molecule has 2 aromatic rings. The van der Waals surface area contributed by atoms with E-state index in [4.69, 9.17) is 18.7 Å². The highest BCUT2D eigenvalue weighted by Gasteiger charge is 2.21. The van der Waals surface area contributed by atoms with Crippen LogP contribution in [0.5, 0.6) is 11.5 Å². The zero-order valence-corrected chi connectivity index (χ0v) is 14.3. The van der Waals surface area contributed by atoms with Crippen molar-refractivity contribution in [2.75, 3.05) is 34.4 Å². The molecule has 24 heavy (non-hydrogen) atoms. The van der Waals surface area contributed by atoms with E-state index >= 15 is 0 Å². The van der Waals surface area contributed by atoms with Crippen molar-refractivity contribution in [1.82, 2.24) is 15.0 Å². The summed E-state index contributed by atoms with van der Waals surface area (Å²) in [4.78, 5) is 6.80. The van der Waals surface area contributed by atoms with Gasteiger partial charge in [-0.15, -0.1) is 0 Å². The number of nitrogens with zero attached hydrogens (tertiary/aromatic N) is 3. The van der Waals surface area contributed by atoms with E-state index in [1.807, 2.05) is 18.2 Å². The third-order valence-corrected chi connectivity index (χ3v) is 4.34. The average Bonchev–Trinajstić information content (AvgIpc) is 3.10. The standard InChI is InChI=1S/C17H23N3O4/c1-21-13-6-8-20(9-7-13)11-16-18-17(19-24-16)12-4-5-14(22-2)15(10-12)23-3/h4-5,10,13H,6-9,11H2,1-3H3. The fraction of sp³-hybridized carbons (Fsp3) is 0.529. The van der Waals surface area contributed by atoms with Crippen molar-refractivity contribution in [3.63, 3.8) is 0 Å². The number of hydrogen-bond acceptors (Lipinski definition) is 7. The predicted octanol–water partition coefficient (Wildman–Crippen LogP) is 2.36. The second kappa shape index (κ2) is 7.63. The summed E-state index contributed by atoms with van der Waals surface area (Å²) in [6, 6.07) is 5.57. The van der Waals surface area contributed by atoms with Crippen LogP contribution in [0, 0.1) is 0 Å². The van der Waals surface area contributed by atoms with Crippen molar-refractivity contribution in [1.29, 1.82) is 0 Å². The van der Waals surface area contributed by atoms with Gasteiger partial charge in [0.15, 0.2) is 11.5 Å². The minimum absolute atomic E-state index is 0.367. The zero-order valence-electron chi connectivity index (χ0n) is 14.3. The molecule has 0 spiro atoms. The van der Waals surface area contributed by atoms with E-state index < -0.39 is 0 Å². The van der Waals surface area contributed by atoms with Gasteiger partial charge in [-0.1, -0.05) is 5.16 Å².